The molecule has 182 valence electrons. The van der Waals surface area contributed by atoms with E-state index in [4.69, 9.17) is 0 Å². The summed E-state index contributed by atoms with van der Waals surface area (Å²) in [6.07, 6.45) is -1.57. The summed E-state index contributed by atoms with van der Waals surface area (Å²) >= 11 is 0. The van der Waals surface area contributed by atoms with Crippen LogP contribution in [0.1, 0.15) is 42.7 Å². The molecule has 4 nitrogen and oxygen atoms in total. The van der Waals surface area contributed by atoms with Crippen molar-refractivity contribution in [1.29, 1.82) is 0 Å². The molecule has 4 aromatic rings. The quantitative estimate of drug-likeness (QED) is 0.206. The Hall–Kier alpha value is -4.43. The van der Waals surface area contributed by atoms with Crippen LogP contribution in [0, 0.1) is 23.3 Å². The average Bonchev–Trinajstić information content (AvgIpc) is 2.87. The lowest BCUT2D eigenvalue weighted by molar-refractivity contribution is 0.0746. The van der Waals surface area contributed by atoms with Gasteiger partial charge >= 0.3 is 0 Å². The summed E-state index contributed by atoms with van der Waals surface area (Å²) in [5, 5.41) is 9.81. The fourth-order valence-electron chi connectivity index (χ4n) is 3.18. The summed E-state index contributed by atoms with van der Waals surface area (Å²) in [6.45, 7) is 0. The second-order valence-electron chi connectivity index (χ2n) is 7.52. The van der Waals surface area contributed by atoms with E-state index in [0.29, 0.717) is 12.1 Å². The van der Waals surface area contributed by atoms with Crippen molar-refractivity contribution in [3.63, 3.8) is 0 Å². The number of aliphatic hydroxyl groups excluding tert-OH is 1. The Morgan fingerprint density at radius 1 is 0.528 bits per heavy atom. The van der Waals surface area contributed by atoms with Crippen LogP contribution in [0.25, 0.3) is 0 Å². The number of carbonyl (C=O) groups excluding carboxylic acids is 3. The van der Waals surface area contributed by atoms with Crippen LogP contribution < -0.4 is 0 Å². The molecule has 0 saturated heterocycles. The number of aliphatic hydroxyl groups is 1. The Labute approximate surface area is 203 Å². The number of halogens is 4. The van der Waals surface area contributed by atoms with Gasteiger partial charge in [0.15, 0.2) is 5.78 Å². The van der Waals surface area contributed by atoms with Gasteiger partial charge in [0.25, 0.3) is 0 Å². The van der Waals surface area contributed by atoms with Crippen LogP contribution in [-0.4, -0.2) is 22.5 Å². The number of hydrogen-bond donors (Lipinski definition) is 1. The van der Waals surface area contributed by atoms with Crippen LogP contribution in [0.2, 0.25) is 0 Å². The summed E-state index contributed by atoms with van der Waals surface area (Å²) < 4.78 is 51.9. The molecule has 36 heavy (non-hydrogen) atoms. The molecule has 4 rings (SSSR count). The minimum atomic E-state index is -1.57. The van der Waals surface area contributed by atoms with E-state index in [1.54, 1.807) is 36.4 Å². The van der Waals surface area contributed by atoms with Crippen molar-refractivity contribution in [2.24, 2.45) is 0 Å². The first-order chi connectivity index (χ1) is 17.2. The normalized spacial score (nSPS) is 11.1. The Morgan fingerprint density at radius 2 is 0.917 bits per heavy atom. The first-order valence-electron chi connectivity index (χ1n) is 10.5. The van der Waals surface area contributed by atoms with Gasteiger partial charge in [0.05, 0.1) is 0 Å². The van der Waals surface area contributed by atoms with Crippen molar-refractivity contribution in [3.05, 3.63) is 143 Å². The second kappa shape index (κ2) is 11.8. The van der Waals surface area contributed by atoms with Gasteiger partial charge in [-0.3, -0.25) is 14.4 Å². The van der Waals surface area contributed by atoms with Crippen molar-refractivity contribution >= 4 is 17.3 Å². The number of rotatable bonds is 6. The molecule has 1 atom stereocenters. The predicted molar refractivity (Wildman–Crippen MR) is 124 cm³/mol. The molecule has 0 aromatic heterocycles. The Bertz CT molecular complexity index is 1350. The highest BCUT2D eigenvalue weighted by molar-refractivity contribution is 6.49. The third kappa shape index (κ3) is 6.80. The van der Waals surface area contributed by atoms with Crippen molar-refractivity contribution in [1.82, 2.24) is 0 Å². The monoisotopic (exact) mass is 494 g/mol. The zero-order chi connectivity index (χ0) is 26.2. The second-order valence-corrected chi connectivity index (χ2v) is 7.52. The van der Waals surface area contributed by atoms with Crippen molar-refractivity contribution in [2.45, 2.75) is 6.10 Å². The highest BCUT2D eigenvalue weighted by Gasteiger charge is 2.21. The molecule has 8 heteroatoms. The molecule has 0 aliphatic carbocycles. The fourth-order valence-corrected chi connectivity index (χ4v) is 3.18. The van der Waals surface area contributed by atoms with Crippen LogP contribution in [0.5, 0.6) is 0 Å². The smallest absolute Gasteiger partial charge is 0.233 e. The van der Waals surface area contributed by atoms with E-state index in [9.17, 15) is 37.1 Å². The third-order valence-corrected chi connectivity index (χ3v) is 4.87. The Morgan fingerprint density at radius 3 is 1.39 bits per heavy atom. The van der Waals surface area contributed by atoms with Gasteiger partial charge in [-0.15, -0.1) is 0 Å². The van der Waals surface area contributed by atoms with Gasteiger partial charge < -0.3 is 5.11 Å². The maximum Gasteiger partial charge on any atom is 0.233 e. The molecule has 0 fully saturated rings. The van der Waals surface area contributed by atoms with Crippen molar-refractivity contribution in [2.75, 3.05) is 0 Å². The first kappa shape index (κ1) is 26.2. The van der Waals surface area contributed by atoms with E-state index in [2.05, 4.69) is 0 Å². The number of Topliss-reactive ketones (excluding diaryl/α,β-unsaturated/α-hetero) is 3. The summed E-state index contributed by atoms with van der Waals surface area (Å²) in [6, 6.07) is 20.8. The largest absolute Gasteiger partial charge is 0.380 e. The lowest BCUT2D eigenvalue weighted by atomic mass is 10.00. The first-order valence-corrected chi connectivity index (χ1v) is 10.5. The SMILES string of the molecule is O=C(C(=O)c1cc(F)cc(F)c1)c1ccccc1.O=C(c1ccccc1)C(O)c1cc(F)cc(F)c1. The van der Waals surface area contributed by atoms with Gasteiger partial charge in [-0.25, -0.2) is 17.6 Å². The van der Waals surface area contributed by atoms with Crippen LogP contribution >= 0.6 is 0 Å². The van der Waals surface area contributed by atoms with Crippen LogP contribution in [0.4, 0.5) is 17.6 Å². The molecule has 0 heterocycles. The lowest BCUT2D eigenvalue weighted by Crippen LogP contribution is -2.14. The zero-order valence-corrected chi connectivity index (χ0v) is 18.5. The molecule has 4 aromatic carbocycles. The van der Waals surface area contributed by atoms with E-state index in [-0.39, 0.29) is 22.3 Å². The van der Waals surface area contributed by atoms with E-state index in [1.165, 1.54) is 24.3 Å². The Kier molecular flexibility index (Phi) is 8.59. The minimum Gasteiger partial charge on any atom is -0.380 e. The molecular weight excluding hydrogens is 476 g/mol. The van der Waals surface area contributed by atoms with E-state index in [1.807, 2.05) is 0 Å². The average molecular weight is 494 g/mol. The zero-order valence-electron chi connectivity index (χ0n) is 18.5. The Balaban J connectivity index is 0.000000201. The van der Waals surface area contributed by atoms with Crippen LogP contribution in [-0.2, 0) is 0 Å². The molecule has 0 bridgehead atoms. The van der Waals surface area contributed by atoms with Gasteiger partial charge in [-0.1, -0.05) is 60.7 Å². The summed E-state index contributed by atoms with van der Waals surface area (Å²) in [4.78, 5) is 35.4. The summed E-state index contributed by atoms with van der Waals surface area (Å²) in [7, 11) is 0. The number of ketones is 3. The van der Waals surface area contributed by atoms with Gasteiger partial charge in [-0.05, 0) is 29.8 Å². The number of hydrogen-bond acceptors (Lipinski definition) is 4. The molecule has 0 aliphatic rings. The highest BCUT2D eigenvalue weighted by atomic mass is 19.1. The minimum absolute atomic E-state index is 0.0960. The van der Waals surface area contributed by atoms with Crippen LogP contribution in [0.15, 0.2) is 97.1 Å². The molecule has 0 aliphatic heterocycles. The van der Waals surface area contributed by atoms with Crippen molar-refractivity contribution in [3.8, 4) is 0 Å². The summed E-state index contributed by atoms with van der Waals surface area (Å²) in [5.41, 5.74) is 0.0875. The van der Waals surface area contributed by atoms with Gasteiger partial charge in [0.1, 0.15) is 29.4 Å². The molecule has 0 amide bonds. The number of benzene rings is 4. The molecule has 0 radical (unpaired) electrons. The molecule has 0 spiro atoms. The van der Waals surface area contributed by atoms with E-state index in [0.717, 1.165) is 24.3 Å². The molecule has 0 saturated carbocycles. The molecular formula is C28H18F4O4. The molecule has 1 unspecified atom stereocenters. The van der Waals surface area contributed by atoms with E-state index < -0.39 is 46.7 Å². The number of carbonyl (C=O) groups is 3. The predicted octanol–water partition coefficient (Wildman–Crippen LogP) is 5.91. The maximum atomic E-state index is 13.0. The van der Waals surface area contributed by atoms with Gasteiger partial charge in [0, 0.05) is 28.8 Å². The van der Waals surface area contributed by atoms with E-state index >= 15 is 0 Å². The van der Waals surface area contributed by atoms with Crippen molar-refractivity contribution < 1.29 is 37.1 Å². The lowest BCUT2D eigenvalue weighted by Gasteiger charge is -2.10. The van der Waals surface area contributed by atoms with Gasteiger partial charge in [-0.2, -0.15) is 0 Å². The summed E-state index contributed by atoms with van der Waals surface area (Å²) in [5.74, 6) is -5.76. The standard InChI is InChI=1S/C14H10F2O2.C14H8F2O2/c2*15-11-6-10(7-12(16)8-11)14(18)13(17)9-4-2-1-3-5-9/h1-8,14,18H;1-8H. The third-order valence-electron chi connectivity index (χ3n) is 4.87. The molecule has 1 N–H and O–H groups in total. The maximum absolute atomic E-state index is 13.0. The highest BCUT2D eigenvalue weighted by Crippen LogP contribution is 2.20. The van der Waals surface area contributed by atoms with Gasteiger partial charge in [0.2, 0.25) is 11.6 Å². The van der Waals surface area contributed by atoms with Crippen LogP contribution in [0.3, 0.4) is 0 Å². The fraction of sp³-hybridized carbons (Fsp3) is 0.0357. The topological polar surface area (TPSA) is 71.4 Å².